The fourth-order valence-electron chi connectivity index (χ4n) is 3.97. The number of halogens is 6. The molecule has 10 nitrogen and oxygen atoms in total. The summed E-state index contributed by atoms with van der Waals surface area (Å²) in [6, 6.07) is 11.1. The van der Waals surface area contributed by atoms with Crippen molar-refractivity contribution in [2.75, 3.05) is 26.8 Å². The van der Waals surface area contributed by atoms with Crippen LogP contribution < -0.4 is 9.47 Å². The topological polar surface area (TPSA) is 119 Å². The maximum Gasteiger partial charge on any atom is 0.573 e. The van der Waals surface area contributed by atoms with Gasteiger partial charge in [-0.15, -0.1) is 13.2 Å². The molecule has 0 spiro atoms. The molecule has 0 fully saturated rings. The van der Waals surface area contributed by atoms with Crippen molar-refractivity contribution >= 4 is 34.2 Å². The number of fused-ring (bicyclic) bond motifs is 1. The second kappa shape index (κ2) is 13.6. The predicted molar refractivity (Wildman–Crippen MR) is 147 cm³/mol. The lowest BCUT2D eigenvalue weighted by Crippen LogP contribution is -2.35. The molecule has 1 amide bonds. The molecular weight excluding hydrogens is 634 g/mol. The number of imidazole rings is 1. The summed E-state index contributed by atoms with van der Waals surface area (Å²) in [6.07, 6.45) is -8.23. The number of esters is 1. The Kier molecular flexibility index (Phi) is 10.1. The van der Waals surface area contributed by atoms with Crippen molar-refractivity contribution in [3.05, 3.63) is 77.6 Å². The first-order valence-electron chi connectivity index (χ1n) is 12.9. The van der Waals surface area contributed by atoms with E-state index in [1.54, 1.807) is 24.3 Å². The van der Waals surface area contributed by atoms with Gasteiger partial charge in [-0.25, -0.2) is 14.2 Å². The van der Waals surface area contributed by atoms with Gasteiger partial charge in [-0.3, -0.25) is 4.98 Å². The van der Waals surface area contributed by atoms with Crippen LogP contribution in [-0.2, 0) is 21.7 Å². The molecule has 0 radical (unpaired) electrons. The van der Waals surface area contributed by atoms with Gasteiger partial charge >= 0.3 is 29.7 Å². The van der Waals surface area contributed by atoms with E-state index in [1.807, 2.05) is 0 Å². The first kappa shape index (κ1) is 33.4. The van der Waals surface area contributed by atoms with Crippen LogP contribution in [0.1, 0.15) is 21.6 Å². The smallest absolute Gasteiger partial charge is 0.573 e. The van der Waals surface area contributed by atoms with E-state index in [0.717, 1.165) is 28.8 Å². The number of benzene rings is 2. The minimum atomic E-state index is -4.89. The highest BCUT2D eigenvalue weighted by Gasteiger charge is 2.32. The zero-order valence-corrected chi connectivity index (χ0v) is 24.3. The third kappa shape index (κ3) is 8.78. The molecule has 0 aliphatic carbocycles. The molecular formula is C28H24F6N4O6S. The van der Waals surface area contributed by atoms with Gasteiger partial charge in [0, 0.05) is 30.0 Å². The Morgan fingerprint density at radius 2 is 1.71 bits per heavy atom. The summed E-state index contributed by atoms with van der Waals surface area (Å²) in [5.74, 6) is -1.74. The van der Waals surface area contributed by atoms with Crippen molar-refractivity contribution in [1.29, 1.82) is 0 Å². The van der Waals surface area contributed by atoms with E-state index in [1.165, 1.54) is 31.1 Å². The lowest BCUT2D eigenvalue weighted by Gasteiger charge is -2.19. The molecule has 2 aromatic heterocycles. The van der Waals surface area contributed by atoms with Crippen LogP contribution in [0.2, 0.25) is 0 Å². The Bertz CT molecular complexity index is 1660. The number of aromatic nitrogens is 3. The normalized spacial score (nSPS) is 12.6. The van der Waals surface area contributed by atoms with Crippen molar-refractivity contribution in [2.24, 2.45) is 0 Å². The Hall–Kier alpha value is -4.51. The number of hydrogen-bond acceptors (Lipinski definition) is 8. The van der Waals surface area contributed by atoms with Crippen molar-refractivity contribution in [3.8, 4) is 11.5 Å². The molecule has 2 aromatic carbocycles. The summed E-state index contributed by atoms with van der Waals surface area (Å²) >= 11 is -2.00. The molecule has 0 N–H and O–H groups in total. The number of likely N-dealkylation sites (N-methyl/N-ethyl adjacent to an activating group) is 1. The zero-order valence-electron chi connectivity index (χ0n) is 23.5. The Morgan fingerprint density at radius 1 is 1.02 bits per heavy atom. The van der Waals surface area contributed by atoms with Gasteiger partial charge in [0.05, 0.1) is 28.8 Å². The van der Waals surface area contributed by atoms with Crippen LogP contribution in [0.4, 0.5) is 31.1 Å². The highest BCUT2D eigenvalue weighted by Crippen LogP contribution is 2.28. The summed E-state index contributed by atoms with van der Waals surface area (Å²) < 4.78 is 103. The van der Waals surface area contributed by atoms with E-state index in [0.29, 0.717) is 11.0 Å². The second-order valence-electron chi connectivity index (χ2n) is 9.41. The van der Waals surface area contributed by atoms with Crippen molar-refractivity contribution in [1.82, 2.24) is 19.4 Å². The maximum atomic E-state index is 13.5. The molecule has 0 aliphatic rings. The fourth-order valence-corrected chi connectivity index (χ4v) is 5.22. The van der Waals surface area contributed by atoms with Crippen molar-refractivity contribution in [2.45, 2.75) is 30.4 Å². The minimum Gasteiger partial charge on any atom is -0.609 e. The number of ether oxygens (including phenoxy) is 3. The molecule has 1 unspecified atom stereocenters. The molecule has 45 heavy (non-hydrogen) atoms. The summed E-state index contributed by atoms with van der Waals surface area (Å²) in [5, 5.41) is -0.144. The van der Waals surface area contributed by atoms with Crippen LogP contribution in [0, 0.1) is 6.92 Å². The van der Waals surface area contributed by atoms with Gasteiger partial charge in [0.25, 0.3) is 0 Å². The van der Waals surface area contributed by atoms with E-state index in [-0.39, 0.29) is 46.6 Å². The largest absolute Gasteiger partial charge is 0.609 e. The van der Waals surface area contributed by atoms with Gasteiger partial charge in [-0.05, 0) is 49.4 Å². The molecule has 4 aromatic rings. The Morgan fingerprint density at radius 3 is 2.38 bits per heavy atom. The number of pyridine rings is 1. The predicted octanol–water partition coefficient (Wildman–Crippen LogP) is 5.64. The van der Waals surface area contributed by atoms with Crippen LogP contribution in [0.15, 0.2) is 66.0 Å². The number of nitrogens with zero attached hydrogens (tertiary/aromatic N) is 4. The highest BCUT2D eigenvalue weighted by atomic mass is 32.2. The Labute approximate surface area is 254 Å². The molecule has 17 heteroatoms. The minimum absolute atomic E-state index is 0.0476. The standard InChI is InChI=1S/C28H24F6N4O6S/c1-17-21(35-12-11-23(17)43-16-27(29,30)31)15-45(41)25-36-20-5-3-4-6-22(20)38(25)26(40)37(2)13-14-42-24(39)18-7-9-19(10-8-18)44-28(32,33)34/h3-12H,13-16H2,1-2H3. The monoisotopic (exact) mass is 658 g/mol. The fraction of sp³-hybridized carbons (Fsp3) is 0.286. The number of rotatable bonds is 10. The summed E-state index contributed by atoms with van der Waals surface area (Å²) in [4.78, 5) is 35.5. The van der Waals surface area contributed by atoms with Gasteiger partial charge < -0.3 is 23.7 Å². The van der Waals surface area contributed by atoms with Gasteiger partial charge in [0.2, 0.25) is 0 Å². The second-order valence-corrected chi connectivity index (χ2v) is 10.8. The number of carbonyl (C=O) groups is 2. The van der Waals surface area contributed by atoms with E-state index in [4.69, 9.17) is 9.47 Å². The van der Waals surface area contributed by atoms with Crippen LogP contribution in [0.25, 0.3) is 11.0 Å². The third-order valence-corrected chi connectivity index (χ3v) is 7.37. The van der Waals surface area contributed by atoms with Crippen LogP contribution in [0.5, 0.6) is 11.5 Å². The lowest BCUT2D eigenvalue weighted by atomic mass is 10.2. The van der Waals surface area contributed by atoms with E-state index < -0.39 is 48.1 Å². The summed E-state index contributed by atoms with van der Waals surface area (Å²) in [6.45, 7) is -0.465. The maximum absolute atomic E-state index is 13.5. The molecule has 4 rings (SSSR count). The van der Waals surface area contributed by atoms with Crippen molar-refractivity contribution < 1.29 is 54.7 Å². The van der Waals surface area contributed by atoms with Gasteiger partial charge in [0.1, 0.15) is 18.1 Å². The third-order valence-electron chi connectivity index (χ3n) is 6.15. The molecule has 1 atom stereocenters. The number of alkyl halides is 6. The average molecular weight is 659 g/mol. The Balaban J connectivity index is 1.46. The lowest BCUT2D eigenvalue weighted by molar-refractivity contribution is -0.274. The van der Waals surface area contributed by atoms with Crippen LogP contribution in [-0.4, -0.2) is 75.3 Å². The van der Waals surface area contributed by atoms with Crippen LogP contribution in [0.3, 0.4) is 0 Å². The number of hydrogen-bond donors (Lipinski definition) is 0. The summed E-state index contributed by atoms with van der Waals surface area (Å²) in [5.41, 5.74) is 1.04. The summed E-state index contributed by atoms with van der Waals surface area (Å²) in [7, 11) is 1.40. The van der Waals surface area contributed by atoms with E-state index in [2.05, 4.69) is 14.7 Å². The van der Waals surface area contributed by atoms with Gasteiger partial charge in [-0.2, -0.15) is 18.2 Å². The number of amides is 1. The van der Waals surface area contributed by atoms with Crippen molar-refractivity contribution in [3.63, 3.8) is 0 Å². The molecule has 0 saturated heterocycles. The quantitative estimate of drug-likeness (QED) is 0.122. The SMILES string of the molecule is Cc1c(OCC(F)(F)F)ccnc1C[S+]([O-])c1nc2ccccc2n1C(=O)N(C)CCOC(=O)c1ccc(OC(F)(F)F)cc1. The number of para-hydroxylation sites is 2. The molecule has 240 valence electrons. The molecule has 0 saturated carbocycles. The van der Waals surface area contributed by atoms with Gasteiger partial charge in [-0.1, -0.05) is 12.1 Å². The average Bonchev–Trinajstić information content (AvgIpc) is 3.36. The number of carbonyl (C=O) groups excluding carboxylic acids is 2. The van der Waals surface area contributed by atoms with Crippen LogP contribution >= 0.6 is 0 Å². The van der Waals surface area contributed by atoms with Gasteiger partial charge in [0.15, 0.2) is 12.4 Å². The van der Waals surface area contributed by atoms with E-state index >= 15 is 0 Å². The zero-order chi connectivity index (χ0) is 32.9. The first-order chi connectivity index (χ1) is 21.1. The first-order valence-corrected chi connectivity index (χ1v) is 14.2. The molecule has 2 heterocycles. The van der Waals surface area contributed by atoms with E-state index in [9.17, 15) is 40.5 Å². The molecule has 0 aliphatic heterocycles. The highest BCUT2D eigenvalue weighted by molar-refractivity contribution is 7.90. The molecule has 0 bridgehead atoms.